The maximum Gasteiger partial charge on any atom is 0.416 e. The van der Waals surface area contributed by atoms with E-state index in [1.54, 1.807) is 4.90 Å². The molecule has 6 aromatic carbocycles. The highest BCUT2D eigenvalue weighted by Gasteiger charge is 2.39. The van der Waals surface area contributed by atoms with Crippen molar-refractivity contribution in [2.45, 2.75) is 37.1 Å². The summed E-state index contributed by atoms with van der Waals surface area (Å²) in [5.41, 5.74) is -8.22. The highest BCUT2D eigenvalue weighted by Crippen LogP contribution is 2.41. The van der Waals surface area contributed by atoms with Gasteiger partial charge < -0.3 is 4.90 Å². The van der Waals surface area contributed by atoms with Gasteiger partial charge in [0.15, 0.2) is 0 Å². The average Bonchev–Trinajstić information content (AvgIpc) is 3.23. The lowest BCUT2D eigenvalue weighted by Gasteiger charge is -2.26. The van der Waals surface area contributed by atoms with E-state index in [2.05, 4.69) is 0 Å². The normalized spacial score (nSPS) is 13.3. The van der Waals surface area contributed by atoms with Crippen LogP contribution in [0.3, 0.4) is 0 Å². The fourth-order valence-corrected chi connectivity index (χ4v) is 6.45. The molecular weight excluding hydrogens is 932 g/mol. The van der Waals surface area contributed by atoms with Gasteiger partial charge in [0.1, 0.15) is 0 Å². The van der Waals surface area contributed by atoms with E-state index in [9.17, 15) is 79.0 Å². The van der Waals surface area contributed by atoms with Crippen LogP contribution in [0.25, 0.3) is 36.5 Å². The van der Waals surface area contributed by atoms with Crippen LogP contribution in [0.2, 0.25) is 0 Å². The minimum atomic E-state index is -5.08. The van der Waals surface area contributed by atoms with Crippen molar-refractivity contribution in [1.82, 2.24) is 0 Å². The van der Waals surface area contributed by atoms with E-state index in [1.807, 2.05) is 0 Å². The van der Waals surface area contributed by atoms with Gasteiger partial charge >= 0.3 is 37.1 Å². The summed E-state index contributed by atoms with van der Waals surface area (Å²) >= 11 is 0. The summed E-state index contributed by atoms with van der Waals surface area (Å²) < 4.78 is 242. The highest BCUT2D eigenvalue weighted by molar-refractivity contribution is 5.81. The molecule has 1 nitrogen and oxygen atoms in total. The van der Waals surface area contributed by atoms with Gasteiger partial charge in [0.25, 0.3) is 0 Å². The van der Waals surface area contributed by atoms with Crippen molar-refractivity contribution in [2.75, 3.05) is 4.90 Å². The van der Waals surface area contributed by atoms with Crippen LogP contribution >= 0.6 is 0 Å². The summed E-state index contributed by atoms with van der Waals surface area (Å²) in [5.74, 6) is 0. The van der Waals surface area contributed by atoms with Crippen LogP contribution < -0.4 is 4.90 Å². The molecule has 6 rings (SSSR count). The van der Waals surface area contributed by atoms with Crippen LogP contribution in [0, 0.1) is 0 Å². The third-order valence-electron chi connectivity index (χ3n) is 9.69. The van der Waals surface area contributed by atoms with E-state index < -0.39 is 87.1 Å². The third kappa shape index (κ3) is 12.9. The molecule has 0 heterocycles. The second-order valence-corrected chi connectivity index (χ2v) is 14.6. The highest BCUT2D eigenvalue weighted by atomic mass is 19.4. The molecule has 0 spiro atoms. The molecule has 350 valence electrons. The van der Waals surface area contributed by atoms with Crippen LogP contribution in [0.4, 0.5) is 96.1 Å². The van der Waals surface area contributed by atoms with Crippen LogP contribution in [-0.2, 0) is 37.1 Å². The molecule has 0 bridgehead atoms. The second kappa shape index (κ2) is 18.4. The van der Waals surface area contributed by atoms with Gasteiger partial charge in [0.05, 0.1) is 33.4 Å². The Bertz CT molecular complexity index is 2380. The number of hydrogen-bond acceptors (Lipinski definition) is 1. The smallest absolute Gasteiger partial charge is 0.311 e. The average molecular weight is 960 g/mol. The lowest BCUT2D eigenvalue weighted by Crippen LogP contribution is -2.11. The largest absolute Gasteiger partial charge is 0.416 e. The third-order valence-corrected chi connectivity index (χ3v) is 9.69. The number of rotatable bonds is 9. The van der Waals surface area contributed by atoms with Gasteiger partial charge in [-0.05, 0) is 124 Å². The lowest BCUT2D eigenvalue weighted by molar-refractivity contribution is -0.144. The van der Waals surface area contributed by atoms with Crippen molar-refractivity contribution in [3.8, 4) is 0 Å². The van der Waals surface area contributed by atoms with Crippen LogP contribution in [0.15, 0.2) is 127 Å². The summed E-state index contributed by atoms with van der Waals surface area (Å²) in [7, 11) is 0. The van der Waals surface area contributed by atoms with Crippen molar-refractivity contribution in [1.29, 1.82) is 0 Å². The van der Waals surface area contributed by atoms with Crippen LogP contribution in [0.1, 0.15) is 66.8 Å². The molecule has 19 heteroatoms. The van der Waals surface area contributed by atoms with Gasteiger partial charge in [0.2, 0.25) is 0 Å². The molecular formula is C48H27F18N. The first-order valence-corrected chi connectivity index (χ1v) is 19.0. The molecule has 0 saturated heterocycles. The molecule has 0 aliphatic rings. The summed E-state index contributed by atoms with van der Waals surface area (Å²) in [6.07, 6.45) is -23.6. The predicted octanol–water partition coefficient (Wildman–Crippen LogP) is 17.8. The van der Waals surface area contributed by atoms with Gasteiger partial charge in [-0.25, -0.2) is 0 Å². The minimum Gasteiger partial charge on any atom is -0.311 e. The van der Waals surface area contributed by atoms with Gasteiger partial charge in [-0.15, -0.1) is 0 Å². The number of anilines is 3. The maximum absolute atomic E-state index is 13.4. The first-order valence-electron chi connectivity index (χ1n) is 19.0. The zero-order chi connectivity index (χ0) is 49.3. The van der Waals surface area contributed by atoms with Gasteiger partial charge in [-0.2, -0.15) is 79.0 Å². The van der Waals surface area contributed by atoms with Crippen molar-refractivity contribution in [2.24, 2.45) is 0 Å². The van der Waals surface area contributed by atoms with E-state index in [0.717, 1.165) is 18.2 Å². The van der Waals surface area contributed by atoms with E-state index in [0.29, 0.717) is 70.2 Å². The Morgan fingerprint density at radius 3 is 0.552 bits per heavy atom. The zero-order valence-corrected chi connectivity index (χ0v) is 33.3. The fraction of sp³-hybridized carbons (Fsp3) is 0.125. The first kappa shape index (κ1) is 49.5. The van der Waals surface area contributed by atoms with Crippen molar-refractivity contribution < 1.29 is 79.0 Å². The van der Waals surface area contributed by atoms with Crippen molar-refractivity contribution in [3.63, 3.8) is 0 Å². The number of halogens is 18. The van der Waals surface area contributed by atoms with Crippen molar-refractivity contribution in [3.05, 3.63) is 194 Å². The molecule has 0 amide bonds. The molecule has 0 atom stereocenters. The number of hydrogen-bond donors (Lipinski definition) is 0. The number of benzene rings is 6. The van der Waals surface area contributed by atoms with E-state index in [1.165, 1.54) is 91.0 Å². The molecule has 0 aromatic heterocycles. The Balaban J connectivity index is 1.34. The lowest BCUT2D eigenvalue weighted by atomic mass is 10.0. The molecule has 0 aliphatic heterocycles. The molecule has 0 fully saturated rings. The maximum atomic E-state index is 13.4. The molecule has 0 unspecified atom stereocenters. The predicted molar refractivity (Wildman–Crippen MR) is 217 cm³/mol. The minimum absolute atomic E-state index is 0.0147. The Morgan fingerprint density at radius 2 is 0.388 bits per heavy atom. The Morgan fingerprint density at radius 1 is 0.224 bits per heavy atom. The molecule has 0 saturated carbocycles. The monoisotopic (exact) mass is 959 g/mol. The van der Waals surface area contributed by atoms with Crippen LogP contribution in [0.5, 0.6) is 0 Å². The van der Waals surface area contributed by atoms with E-state index in [-0.39, 0.29) is 18.2 Å². The van der Waals surface area contributed by atoms with E-state index >= 15 is 0 Å². The molecule has 0 radical (unpaired) electrons. The topological polar surface area (TPSA) is 3.24 Å². The Kier molecular flexibility index (Phi) is 13.6. The summed E-state index contributed by atoms with van der Waals surface area (Å²) in [5, 5.41) is 0. The summed E-state index contributed by atoms with van der Waals surface area (Å²) in [4.78, 5) is 1.61. The standard InChI is InChI=1S/C48H27F18N/c49-43(50,51)34-19-31(20-35(25-34)44(52,53)54)4-1-28-7-13-40(14-8-28)67(41-15-9-29(10-16-41)2-5-32-21-36(45(55,56)57)26-37(22-32)46(58,59)60)42-17-11-30(12-18-42)3-6-33-23-38(47(61,62)63)27-39(24-33)48(64,65)66/h1-27H/b4-1+,5-2+,6-3+. The molecule has 0 aliphatic carbocycles. The Hall–Kier alpha value is -6.92. The SMILES string of the molecule is FC(F)(F)c1cc(/C=C/c2ccc(N(c3ccc(/C=C/c4cc(C(F)(F)F)cc(C(F)(F)F)c4)cc3)c3ccc(/C=C/c4cc(C(F)(F)F)cc(C(F)(F)F)c4)cc3)cc2)cc(C(F)(F)F)c1. The fourth-order valence-electron chi connectivity index (χ4n) is 6.45. The molecule has 0 N–H and O–H groups in total. The van der Waals surface area contributed by atoms with Crippen molar-refractivity contribution >= 4 is 53.5 Å². The van der Waals surface area contributed by atoms with Gasteiger partial charge in [-0.3, -0.25) is 0 Å². The number of nitrogens with zero attached hydrogens (tertiary/aromatic N) is 1. The molecule has 6 aromatic rings. The first-order chi connectivity index (χ1) is 30.9. The van der Waals surface area contributed by atoms with Gasteiger partial charge in [0, 0.05) is 17.1 Å². The summed E-state index contributed by atoms with van der Waals surface area (Å²) in [6, 6.07) is 21.1. The number of alkyl halides is 18. The van der Waals surface area contributed by atoms with Gasteiger partial charge in [-0.1, -0.05) is 72.9 Å². The summed E-state index contributed by atoms with van der Waals surface area (Å²) in [6.45, 7) is 0. The zero-order valence-electron chi connectivity index (χ0n) is 33.3. The molecule has 67 heavy (non-hydrogen) atoms. The van der Waals surface area contributed by atoms with Crippen LogP contribution in [-0.4, -0.2) is 0 Å². The Labute approximate surface area is 368 Å². The van der Waals surface area contributed by atoms with E-state index in [4.69, 9.17) is 0 Å². The second-order valence-electron chi connectivity index (χ2n) is 14.6. The quantitative estimate of drug-likeness (QED) is 0.103.